The Hall–Kier alpha value is -1.26. The van der Waals surface area contributed by atoms with Gasteiger partial charge in [0, 0.05) is 6.04 Å². The molecule has 0 aliphatic carbocycles. The second-order valence-electron chi connectivity index (χ2n) is 11.0. The molecule has 1 aromatic rings. The van der Waals surface area contributed by atoms with Crippen molar-refractivity contribution in [2.45, 2.75) is 155 Å². The molecule has 0 aliphatic heterocycles. The monoisotopic (exact) mass is 519 g/mol. The van der Waals surface area contributed by atoms with Crippen LogP contribution in [0.2, 0.25) is 0 Å². The van der Waals surface area contributed by atoms with Gasteiger partial charge in [0.1, 0.15) is 0 Å². The lowest BCUT2D eigenvalue weighted by Gasteiger charge is -2.15. The van der Waals surface area contributed by atoms with Crippen LogP contribution in [0.4, 0.5) is 0 Å². The van der Waals surface area contributed by atoms with Crippen LogP contribution in [-0.4, -0.2) is 31.0 Å². The number of benzene rings is 1. The van der Waals surface area contributed by atoms with Crippen LogP contribution in [-0.2, 0) is 6.42 Å². The van der Waals surface area contributed by atoms with Crippen molar-refractivity contribution in [3.63, 3.8) is 0 Å². The summed E-state index contributed by atoms with van der Waals surface area (Å²) in [7, 11) is 0. The van der Waals surface area contributed by atoms with Gasteiger partial charge in [-0.15, -0.1) is 0 Å². The van der Waals surface area contributed by atoms with Crippen LogP contribution in [0.5, 0.6) is 11.5 Å². The molecule has 4 heteroatoms. The maximum atomic E-state index is 9.32. The standard InChI is InChI=1S/C33H61NO3/c1-3-5-7-9-11-13-15-17-19-21-25-36-32-24-23-30(27-31(34)29-35)28-33(32)37-26-22-20-18-16-14-12-10-8-6-4-2/h23-24,28,31,35H,3-22,25-27,29,34H2,1-2H3. The van der Waals surface area contributed by atoms with Gasteiger partial charge in [-0.3, -0.25) is 0 Å². The van der Waals surface area contributed by atoms with Crippen LogP contribution in [0.15, 0.2) is 18.2 Å². The van der Waals surface area contributed by atoms with Gasteiger partial charge < -0.3 is 20.3 Å². The van der Waals surface area contributed by atoms with E-state index in [0.717, 1.165) is 43.1 Å². The summed E-state index contributed by atoms with van der Waals surface area (Å²) in [5.41, 5.74) is 7.05. The lowest BCUT2D eigenvalue weighted by Crippen LogP contribution is -2.26. The van der Waals surface area contributed by atoms with Gasteiger partial charge in [0.2, 0.25) is 0 Å². The quantitative estimate of drug-likeness (QED) is 0.114. The van der Waals surface area contributed by atoms with E-state index in [2.05, 4.69) is 26.0 Å². The maximum absolute atomic E-state index is 9.32. The highest BCUT2D eigenvalue weighted by Gasteiger charge is 2.10. The van der Waals surface area contributed by atoms with Crippen molar-refractivity contribution in [3.8, 4) is 11.5 Å². The molecule has 1 aromatic carbocycles. The predicted octanol–water partition coefficient (Wildman–Crippen LogP) is 9.15. The minimum atomic E-state index is -0.242. The van der Waals surface area contributed by atoms with Gasteiger partial charge in [0.25, 0.3) is 0 Å². The summed E-state index contributed by atoms with van der Waals surface area (Å²) in [5.74, 6) is 1.66. The van der Waals surface area contributed by atoms with Crippen molar-refractivity contribution < 1.29 is 14.6 Å². The summed E-state index contributed by atoms with van der Waals surface area (Å²) in [6.45, 7) is 6.00. The number of ether oxygens (including phenoxy) is 2. The normalized spacial score (nSPS) is 12.1. The number of rotatable bonds is 27. The Kier molecular flexibility index (Phi) is 22.9. The van der Waals surface area contributed by atoms with Gasteiger partial charge in [0.15, 0.2) is 11.5 Å². The molecule has 0 heterocycles. The van der Waals surface area contributed by atoms with Crippen molar-refractivity contribution in [3.05, 3.63) is 23.8 Å². The summed E-state index contributed by atoms with van der Waals surface area (Å²) < 4.78 is 12.3. The zero-order valence-electron chi connectivity index (χ0n) is 24.6. The summed E-state index contributed by atoms with van der Waals surface area (Å²) in [5, 5.41) is 9.32. The van der Waals surface area contributed by atoms with E-state index in [0.29, 0.717) is 6.42 Å². The topological polar surface area (TPSA) is 64.7 Å². The van der Waals surface area contributed by atoms with Crippen LogP contribution < -0.4 is 15.2 Å². The summed E-state index contributed by atoms with van der Waals surface area (Å²) in [6.07, 6.45) is 27.1. The van der Waals surface area contributed by atoms with Crippen molar-refractivity contribution in [2.24, 2.45) is 5.73 Å². The first-order valence-corrected chi connectivity index (χ1v) is 16.0. The number of unbranched alkanes of at least 4 members (excludes halogenated alkanes) is 18. The van der Waals surface area contributed by atoms with Gasteiger partial charge in [-0.1, -0.05) is 135 Å². The molecule has 0 bridgehead atoms. The Morgan fingerprint density at radius 3 is 1.43 bits per heavy atom. The summed E-state index contributed by atoms with van der Waals surface area (Å²) >= 11 is 0. The molecule has 37 heavy (non-hydrogen) atoms. The largest absolute Gasteiger partial charge is 0.490 e. The fraction of sp³-hybridized carbons (Fsp3) is 0.818. The van der Waals surface area contributed by atoms with Crippen molar-refractivity contribution in [2.75, 3.05) is 19.8 Å². The lowest BCUT2D eigenvalue weighted by molar-refractivity contribution is 0.256. The van der Waals surface area contributed by atoms with Crippen molar-refractivity contribution in [1.29, 1.82) is 0 Å². The molecule has 0 saturated carbocycles. The summed E-state index contributed by atoms with van der Waals surface area (Å²) in [6, 6.07) is 5.88. The number of aliphatic hydroxyl groups is 1. The number of hydrogen-bond donors (Lipinski definition) is 2. The van der Waals surface area contributed by atoms with Crippen molar-refractivity contribution >= 4 is 0 Å². The third kappa shape index (κ3) is 19.5. The third-order valence-electron chi connectivity index (χ3n) is 7.25. The maximum Gasteiger partial charge on any atom is 0.161 e. The molecule has 1 atom stereocenters. The highest BCUT2D eigenvalue weighted by atomic mass is 16.5. The van der Waals surface area contributed by atoms with E-state index in [1.165, 1.54) is 116 Å². The van der Waals surface area contributed by atoms with E-state index >= 15 is 0 Å². The molecule has 0 aliphatic rings. The van der Waals surface area contributed by atoms with E-state index in [9.17, 15) is 5.11 Å². The van der Waals surface area contributed by atoms with Crippen molar-refractivity contribution in [1.82, 2.24) is 0 Å². The molecule has 0 spiro atoms. The second kappa shape index (κ2) is 25.0. The highest BCUT2D eigenvalue weighted by Crippen LogP contribution is 2.29. The van der Waals surface area contributed by atoms with E-state index in [1.807, 2.05) is 6.07 Å². The Balaban J connectivity index is 2.30. The van der Waals surface area contributed by atoms with Gasteiger partial charge in [-0.05, 0) is 37.0 Å². The minimum Gasteiger partial charge on any atom is -0.490 e. The fourth-order valence-electron chi connectivity index (χ4n) is 4.82. The molecule has 0 aromatic heterocycles. The Morgan fingerprint density at radius 1 is 0.595 bits per heavy atom. The van der Waals surface area contributed by atoms with E-state index < -0.39 is 0 Å². The molecule has 4 nitrogen and oxygen atoms in total. The Morgan fingerprint density at radius 2 is 1.00 bits per heavy atom. The predicted molar refractivity (Wildman–Crippen MR) is 160 cm³/mol. The lowest BCUT2D eigenvalue weighted by atomic mass is 10.1. The minimum absolute atomic E-state index is 0.00815. The fourth-order valence-corrected chi connectivity index (χ4v) is 4.82. The molecule has 0 amide bonds. The Bertz CT molecular complexity index is 622. The van der Waals surface area contributed by atoms with Gasteiger partial charge in [-0.25, -0.2) is 0 Å². The zero-order valence-corrected chi connectivity index (χ0v) is 24.6. The summed E-state index contributed by atoms with van der Waals surface area (Å²) in [4.78, 5) is 0. The molecule has 0 fully saturated rings. The van der Waals surface area contributed by atoms with E-state index in [1.54, 1.807) is 0 Å². The van der Waals surface area contributed by atoms with Gasteiger partial charge in [0.05, 0.1) is 19.8 Å². The molecule has 0 radical (unpaired) electrons. The van der Waals surface area contributed by atoms with Crippen LogP contribution in [0.25, 0.3) is 0 Å². The SMILES string of the molecule is CCCCCCCCCCCCOc1ccc(CC(N)CO)cc1OCCCCCCCCCCCC. The highest BCUT2D eigenvalue weighted by molar-refractivity contribution is 5.43. The first kappa shape index (κ1) is 33.8. The number of nitrogens with two attached hydrogens (primary N) is 1. The van der Waals surface area contributed by atoms with E-state index in [-0.39, 0.29) is 12.6 Å². The zero-order chi connectivity index (χ0) is 26.8. The molecule has 216 valence electrons. The third-order valence-corrected chi connectivity index (χ3v) is 7.25. The molecular formula is C33H61NO3. The first-order chi connectivity index (χ1) is 18.2. The first-order valence-electron chi connectivity index (χ1n) is 16.0. The van der Waals surface area contributed by atoms with Crippen LogP contribution in [0.3, 0.4) is 0 Å². The van der Waals surface area contributed by atoms with Crippen LogP contribution in [0, 0.1) is 0 Å². The molecular weight excluding hydrogens is 458 g/mol. The number of hydrogen-bond acceptors (Lipinski definition) is 4. The molecule has 1 unspecified atom stereocenters. The number of aliphatic hydroxyl groups excluding tert-OH is 1. The van der Waals surface area contributed by atoms with E-state index in [4.69, 9.17) is 15.2 Å². The second-order valence-corrected chi connectivity index (χ2v) is 11.0. The van der Waals surface area contributed by atoms with Gasteiger partial charge in [-0.2, -0.15) is 0 Å². The van der Waals surface area contributed by atoms with Crippen LogP contribution >= 0.6 is 0 Å². The van der Waals surface area contributed by atoms with Gasteiger partial charge >= 0.3 is 0 Å². The Labute approximate surface area is 230 Å². The average Bonchev–Trinajstić information content (AvgIpc) is 2.91. The average molecular weight is 520 g/mol. The smallest absolute Gasteiger partial charge is 0.161 e. The molecule has 1 rings (SSSR count). The van der Waals surface area contributed by atoms with Crippen LogP contribution in [0.1, 0.15) is 148 Å². The molecule has 3 N–H and O–H groups in total. The molecule has 0 saturated heterocycles.